The number of hydrogen-bond donors (Lipinski definition) is 1. The molecule has 0 aliphatic carbocycles. The van der Waals surface area contributed by atoms with Crippen molar-refractivity contribution in [2.24, 2.45) is 5.92 Å². The third-order valence-electron chi connectivity index (χ3n) is 2.47. The molecular weight excluding hydrogens is 208 g/mol. The summed E-state index contributed by atoms with van der Waals surface area (Å²) in [7, 11) is 0. The molecule has 86 valence electrons. The summed E-state index contributed by atoms with van der Waals surface area (Å²) >= 11 is 0. The Morgan fingerprint density at radius 3 is 3.12 bits per heavy atom. The molecule has 0 radical (unpaired) electrons. The van der Waals surface area contributed by atoms with E-state index in [-0.39, 0.29) is 5.69 Å². The fourth-order valence-electron chi connectivity index (χ4n) is 1.51. The summed E-state index contributed by atoms with van der Waals surface area (Å²) in [6, 6.07) is 3.19. The number of hydrogen-bond acceptors (Lipinski definition) is 5. The lowest BCUT2D eigenvalue weighted by molar-refractivity contribution is 0.0421. The van der Waals surface area contributed by atoms with Gasteiger partial charge in [0.25, 0.3) is 0 Å². The number of aromatic nitrogens is 1. The smallest absolute Gasteiger partial charge is 0.356 e. The summed E-state index contributed by atoms with van der Waals surface area (Å²) in [6.07, 6.45) is 2.39. The Hall–Kier alpha value is -1.62. The molecule has 2 heterocycles. The molecule has 1 unspecified atom stereocenters. The van der Waals surface area contributed by atoms with E-state index in [2.05, 4.69) is 4.98 Å². The Kier molecular flexibility index (Phi) is 3.36. The van der Waals surface area contributed by atoms with Crippen molar-refractivity contribution in [2.75, 3.05) is 25.6 Å². The molecule has 1 fully saturated rings. The minimum atomic E-state index is -0.410. The number of nitrogens with zero attached hydrogens (tertiary/aromatic N) is 1. The largest absolute Gasteiger partial charge is 0.461 e. The van der Waals surface area contributed by atoms with Gasteiger partial charge in [-0.3, -0.25) is 0 Å². The highest BCUT2D eigenvalue weighted by atomic mass is 16.5. The van der Waals surface area contributed by atoms with Gasteiger partial charge < -0.3 is 15.2 Å². The minimum Gasteiger partial charge on any atom is -0.461 e. The fraction of sp³-hybridized carbons (Fsp3) is 0.455. The van der Waals surface area contributed by atoms with E-state index in [0.717, 1.165) is 13.0 Å². The van der Waals surface area contributed by atoms with Crippen molar-refractivity contribution in [3.05, 3.63) is 24.0 Å². The van der Waals surface area contributed by atoms with Gasteiger partial charge in [0.2, 0.25) is 0 Å². The van der Waals surface area contributed by atoms with E-state index in [4.69, 9.17) is 15.2 Å². The molecule has 0 aromatic carbocycles. The highest BCUT2D eigenvalue weighted by Crippen LogP contribution is 2.13. The van der Waals surface area contributed by atoms with Gasteiger partial charge in [0.05, 0.1) is 25.1 Å². The lowest BCUT2D eigenvalue weighted by Crippen LogP contribution is -2.15. The number of nitrogen functional groups attached to an aromatic ring is 1. The topological polar surface area (TPSA) is 74.4 Å². The van der Waals surface area contributed by atoms with E-state index in [9.17, 15) is 4.79 Å². The highest BCUT2D eigenvalue weighted by Gasteiger charge is 2.18. The number of carbonyl (C=O) groups excluding carboxylic acids is 1. The van der Waals surface area contributed by atoms with Gasteiger partial charge in [-0.05, 0) is 18.6 Å². The molecule has 1 aliphatic heterocycles. The van der Waals surface area contributed by atoms with Crippen molar-refractivity contribution in [1.29, 1.82) is 0 Å². The van der Waals surface area contributed by atoms with Gasteiger partial charge in [0.15, 0.2) is 0 Å². The van der Waals surface area contributed by atoms with Gasteiger partial charge in [0.1, 0.15) is 5.69 Å². The Morgan fingerprint density at radius 1 is 1.62 bits per heavy atom. The first-order valence-corrected chi connectivity index (χ1v) is 5.22. The third kappa shape index (κ3) is 2.70. The Morgan fingerprint density at radius 2 is 2.50 bits per heavy atom. The molecule has 5 heteroatoms. The first kappa shape index (κ1) is 10.9. The zero-order chi connectivity index (χ0) is 11.4. The molecule has 2 rings (SSSR count). The standard InChI is InChI=1S/C11H14N2O3/c12-9-1-2-10(13-5-9)11(14)16-7-8-3-4-15-6-8/h1-2,5,8H,3-4,6-7,12H2. The molecule has 0 bridgehead atoms. The Balaban J connectivity index is 1.85. The number of anilines is 1. The number of nitrogens with two attached hydrogens (primary N) is 1. The average molecular weight is 222 g/mol. The van der Waals surface area contributed by atoms with Crippen molar-refractivity contribution in [3.8, 4) is 0 Å². The molecule has 1 saturated heterocycles. The number of rotatable bonds is 3. The molecule has 1 aromatic heterocycles. The predicted molar refractivity (Wildman–Crippen MR) is 57.9 cm³/mol. The van der Waals surface area contributed by atoms with Crippen LogP contribution < -0.4 is 5.73 Å². The SMILES string of the molecule is Nc1ccc(C(=O)OCC2CCOC2)nc1. The Bertz CT molecular complexity index is 358. The van der Waals surface area contributed by atoms with E-state index >= 15 is 0 Å². The van der Waals surface area contributed by atoms with E-state index in [1.54, 1.807) is 12.1 Å². The van der Waals surface area contributed by atoms with Crippen molar-refractivity contribution < 1.29 is 14.3 Å². The zero-order valence-electron chi connectivity index (χ0n) is 8.89. The fourth-order valence-corrected chi connectivity index (χ4v) is 1.51. The van der Waals surface area contributed by atoms with E-state index in [0.29, 0.717) is 24.8 Å². The molecule has 0 saturated carbocycles. The average Bonchev–Trinajstić information content (AvgIpc) is 2.80. The summed E-state index contributed by atoms with van der Waals surface area (Å²) in [5, 5.41) is 0. The monoisotopic (exact) mass is 222 g/mol. The van der Waals surface area contributed by atoms with Crippen LogP contribution in [0.1, 0.15) is 16.9 Å². The number of pyridine rings is 1. The van der Waals surface area contributed by atoms with Crippen molar-refractivity contribution in [2.45, 2.75) is 6.42 Å². The highest BCUT2D eigenvalue weighted by molar-refractivity contribution is 5.87. The van der Waals surface area contributed by atoms with Crippen LogP contribution >= 0.6 is 0 Å². The quantitative estimate of drug-likeness (QED) is 0.767. The second-order valence-corrected chi connectivity index (χ2v) is 3.80. The van der Waals surface area contributed by atoms with Crippen molar-refractivity contribution in [3.63, 3.8) is 0 Å². The third-order valence-corrected chi connectivity index (χ3v) is 2.47. The second-order valence-electron chi connectivity index (χ2n) is 3.80. The molecule has 16 heavy (non-hydrogen) atoms. The van der Waals surface area contributed by atoms with Crippen LogP contribution in [-0.4, -0.2) is 30.8 Å². The molecule has 0 amide bonds. The molecule has 2 N–H and O–H groups in total. The van der Waals surface area contributed by atoms with Crippen LogP contribution in [0.15, 0.2) is 18.3 Å². The first-order chi connectivity index (χ1) is 7.75. The zero-order valence-corrected chi connectivity index (χ0v) is 8.89. The van der Waals surface area contributed by atoms with Crippen LogP contribution in [0.5, 0.6) is 0 Å². The predicted octanol–water partition coefficient (Wildman–Crippen LogP) is 0.857. The second kappa shape index (κ2) is 4.94. The van der Waals surface area contributed by atoms with Gasteiger partial charge in [-0.15, -0.1) is 0 Å². The van der Waals surface area contributed by atoms with Gasteiger partial charge >= 0.3 is 5.97 Å². The number of esters is 1. The van der Waals surface area contributed by atoms with Gasteiger partial charge in [-0.25, -0.2) is 9.78 Å². The maximum Gasteiger partial charge on any atom is 0.356 e. The summed E-state index contributed by atoms with van der Waals surface area (Å²) in [6.45, 7) is 1.82. The molecule has 1 aliphatic rings. The van der Waals surface area contributed by atoms with Crippen LogP contribution in [0.25, 0.3) is 0 Å². The molecule has 5 nitrogen and oxygen atoms in total. The minimum absolute atomic E-state index is 0.285. The van der Waals surface area contributed by atoms with E-state index in [1.807, 2.05) is 0 Å². The van der Waals surface area contributed by atoms with Crippen LogP contribution in [-0.2, 0) is 9.47 Å². The molecule has 1 atom stereocenters. The summed E-state index contributed by atoms with van der Waals surface area (Å²) in [4.78, 5) is 15.4. The van der Waals surface area contributed by atoms with Crippen molar-refractivity contribution in [1.82, 2.24) is 4.98 Å². The molecule has 0 spiro atoms. The maximum absolute atomic E-state index is 11.5. The lowest BCUT2D eigenvalue weighted by Gasteiger charge is -2.08. The van der Waals surface area contributed by atoms with Gasteiger partial charge in [-0.1, -0.05) is 0 Å². The number of carbonyl (C=O) groups is 1. The Labute approximate surface area is 93.6 Å². The van der Waals surface area contributed by atoms with E-state index < -0.39 is 5.97 Å². The van der Waals surface area contributed by atoms with E-state index in [1.165, 1.54) is 6.20 Å². The van der Waals surface area contributed by atoms with Gasteiger partial charge in [-0.2, -0.15) is 0 Å². The summed E-state index contributed by atoms with van der Waals surface area (Å²) in [5.41, 5.74) is 6.28. The normalized spacial score (nSPS) is 19.6. The van der Waals surface area contributed by atoms with Crippen LogP contribution in [0.4, 0.5) is 5.69 Å². The lowest BCUT2D eigenvalue weighted by atomic mass is 10.1. The summed E-state index contributed by atoms with van der Waals surface area (Å²) in [5.74, 6) is -0.0929. The van der Waals surface area contributed by atoms with Crippen LogP contribution in [0, 0.1) is 5.92 Å². The molecular formula is C11H14N2O3. The molecule has 1 aromatic rings. The van der Waals surface area contributed by atoms with Crippen LogP contribution in [0.3, 0.4) is 0 Å². The number of ether oxygens (including phenoxy) is 2. The van der Waals surface area contributed by atoms with Gasteiger partial charge in [0, 0.05) is 12.5 Å². The first-order valence-electron chi connectivity index (χ1n) is 5.22. The summed E-state index contributed by atoms with van der Waals surface area (Å²) < 4.78 is 10.3. The van der Waals surface area contributed by atoms with Crippen molar-refractivity contribution >= 4 is 11.7 Å². The van der Waals surface area contributed by atoms with Crippen LogP contribution in [0.2, 0.25) is 0 Å². The maximum atomic E-state index is 11.5.